The van der Waals surface area contributed by atoms with Crippen LogP contribution in [0.3, 0.4) is 0 Å². The highest BCUT2D eigenvalue weighted by atomic mass is 19.1. The molecule has 0 saturated carbocycles. The Morgan fingerprint density at radius 1 is 1.31 bits per heavy atom. The summed E-state index contributed by atoms with van der Waals surface area (Å²) in [7, 11) is 0. The molecule has 1 amide bonds. The maximum atomic E-state index is 13.5. The third-order valence-electron chi connectivity index (χ3n) is 4.87. The Morgan fingerprint density at radius 2 is 2.21 bits per heavy atom. The molecule has 1 aliphatic rings. The zero-order valence-electron chi connectivity index (χ0n) is 15.9. The minimum absolute atomic E-state index is 0.269. The summed E-state index contributed by atoms with van der Waals surface area (Å²) in [5.41, 5.74) is 2.42. The lowest BCUT2D eigenvalue weighted by molar-refractivity contribution is -0.105. The third kappa shape index (κ3) is 4.27. The van der Waals surface area contributed by atoms with Gasteiger partial charge < -0.3 is 20.1 Å². The smallest absolute Gasteiger partial charge is 0.211 e. The van der Waals surface area contributed by atoms with E-state index in [1.165, 1.54) is 12.4 Å². The van der Waals surface area contributed by atoms with E-state index >= 15 is 0 Å². The quantitative estimate of drug-likeness (QED) is 0.591. The summed E-state index contributed by atoms with van der Waals surface area (Å²) >= 11 is 0. The van der Waals surface area contributed by atoms with Crippen molar-refractivity contribution < 1.29 is 18.7 Å². The summed E-state index contributed by atoms with van der Waals surface area (Å²) < 4.78 is 24.9. The van der Waals surface area contributed by atoms with Crippen LogP contribution in [0.25, 0.3) is 10.9 Å². The van der Waals surface area contributed by atoms with Crippen molar-refractivity contribution in [1.29, 1.82) is 0 Å². The summed E-state index contributed by atoms with van der Waals surface area (Å²) in [6.07, 6.45) is 3.01. The van der Waals surface area contributed by atoms with Crippen molar-refractivity contribution in [3.63, 3.8) is 0 Å². The van der Waals surface area contributed by atoms with E-state index < -0.39 is 0 Å². The molecule has 0 spiro atoms. The van der Waals surface area contributed by atoms with Gasteiger partial charge >= 0.3 is 0 Å². The molecular formula is C21H21FN4O3. The van der Waals surface area contributed by atoms with E-state index in [0.717, 1.165) is 13.0 Å². The van der Waals surface area contributed by atoms with Crippen molar-refractivity contribution in [2.24, 2.45) is 5.92 Å². The molecule has 8 heteroatoms. The predicted molar refractivity (Wildman–Crippen MR) is 108 cm³/mol. The zero-order valence-corrected chi connectivity index (χ0v) is 15.9. The van der Waals surface area contributed by atoms with Gasteiger partial charge in [-0.25, -0.2) is 14.4 Å². The Hall–Kier alpha value is -3.26. The van der Waals surface area contributed by atoms with Crippen LogP contribution in [0.4, 0.5) is 21.6 Å². The number of fused-ring (bicyclic) bond motifs is 1. The van der Waals surface area contributed by atoms with Crippen LogP contribution >= 0.6 is 0 Å². The lowest BCUT2D eigenvalue weighted by atomic mass is 10.1. The van der Waals surface area contributed by atoms with Gasteiger partial charge in [0.05, 0.1) is 24.4 Å². The molecule has 7 nitrogen and oxygen atoms in total. The molecule has 1 aromatic heterocycles. The Balaban J connectivity index is 1.66. The van der Waals surface area contributed by atoms with Gasteiger partial charge in [0, 0.05) is 29.7 Å². The van der Waals surface area contributed by atoms with E-state index in [2.05, 4.69) is 20.6 Å². The van der Waals surface area contributed by atoms with E-state index in [-0.39, 0.29) is 5.82 Å². The zero-order chi connectivity index (χ0) is 20.2. The van der Waals surface area contributed by atoms with Gasteiger partial charge in [0.1, 0.15) is 23.7 Å². The fourth-order valence-corrected chi connectivity index (χ4v) is 3.26. The number of benzene rings is 2. The first-order chi connectivity index (χ1) is 14.1. The van der Waals surface area contributed by atoms with Crippen molar-refractivity contribution in [3.8, 4) is 5.75 Å². The molecule has 1 saturated heterocycles. The van der Waals surface area contributed by atoms with Gasteiger partial charge in [-0.15, -0.1) is 0 Å². The minimum atomic E-state index is -0.269. The Bertz CT molecular complexity index is 1040. The average molecular weight is 396 g/mol. The molecule has 2 aromatic carbocycles. The Kier molecular flexibility index (Phi) is 5.53. The first kappa shape index (κ1) is 19.1. The maximum Gasteiger partial charge on any atom is 0.211 e. The van der Waals surface area contributed by atoms with E-state index in [1.54, 1.807) is 31.2 Å². The number of ether oxygens (including phenoxy) is 2. The van der Waals surface area contributed by atoms with Crippen LogP contribution in [0.2, 0.25) is 0 Å². The highest BCUT2D eigenvalue weighted by Crippen LogP contribution is 2.33. The van der Waals surface area contributed by atoms with Gasteiger partial charge in [0.2, 0.25) is 6.41 Å². The van der Waals surface area contributed by atoms with Gasteiger partial charge in [-0.3, -0.25) is 4.79 Å². The minimum Gasteiger partial charge on any atom is -0.491 e. The number of aromatic nitrogens is 2. The fourth-order valence-electron chi connectivity index (χ4n) is 3.26. The van der Waals surface area contributed by atoms with Crippen molar-refractivity contribution in [2.75, 3.05) is 30.5 Å². The maximum absolute atomic E-state index is 13.5. The van der Waals surface area contributed by atoms with Gasteiger partial charge in [-0.2, -0.15) is 0 Å². The molecule has 1 aliphatic heterocycles. The second-order valence-electron chi connectivity index (χ2n) is 6.98. The normalized spacial score (nSPS) is 16.0. The first-order valence-corrected chi connectivity index (χ1v) is 9.36. The van der Waals surface area contributed by atoms with Crippen molar-refractivity contribution >= 4 is 34.5 Å². The SMILES string of the molecule is Cc1cc(Nc2ncnc3cc(OCC4CCOC4)c(NC=O)cc23)ccc1F. The summed E-state index contributed by atoms with van der Waals surface area (Å²) in [6.45, 7) is 3.63. The van der Waals surface area contributed by atoms with E-state index in [0.29, 0.717) is 65.0 Å². The first-order valence-electron chi connectivity index (χ1n) is 9.36. The predicted octanol–water partition coefficient (Wildman–Crippen LogP) is 3.80. The number of carbonyl (C=O) groups is 1. The van der Waals surface area contributed by atoms with Crippen LogP contribution in [0.5, 0.6) is 5.75 Å². The molecule has 1 fully saturated rings. The van der Waals surface area contributed by atoms with Gasteiger partial charge in [-0.05, 0) is 43.2 Å². The van der Waals surface area contributed by atoms with Crippen molar-refractivity contribution in [1.82, 2.24) is 9.97 Å². The largest absolute Gasteiger partial charge is 0.491 e. The summed E-state index contributed by atoms with van der Waals surface area (Å²) in [5.74, 6) is 1.15. The van der Waals surface area contributed by atoms with Crippen molar-refractivity contribution in [2.45, 2.75) is 13.3 Å². The molecule has 4 rings (SSSR count). The molecule has 0 aliphatic carbocycles. The van der Waals surface area contributed by atoms with E-state index in [4.69, 9.17) is 9.47 Å². The van der Waals surface area contributed by atoms with Crippen LogP contribution in [0, 0.1) is 18.7 Å². The van der Waals surface area contributed by atoms with Crippen LogP contribution < -0.4 is 15.4 Å². The average Bonchev–Trinajstić information content (AvgIpc) is 3.23. The molecule has 2 heterocycles. The standard InChI is InChI=1S/C21H21FN4O3/c1-13-6-15(2-3-17(13)22)26-21-16-7-19(25-12-27)20(8-18(16)23-11-24-21)29-10-14-4-5-28-9-14/h2-3,6-8,11-12,14H,4-5,9-10H2,1H3,(H,25,27)(H,23,24,26). The Labute approximate surface area is 167 Å². The summed E-state index contributed by atoms with van der Waals surface area (Å²) in [5, 5.41) is 6.57. The molecule has 1 atom stereocenters. The Morgan fingerprint density at radius 3 is 2.97 bits per heavy atom. The highest BCUT2D eigenvalue weighted by molar-refractivity contribution is 5.96. The number of amides is 1. The second kappa shape index (κ2) is 8.40. The lowest BCUT2D eigenvalue weighted by Crippen LogP contribution is -2.12. The number of nitrogens with zero attached hydrogens (tertiary/aromatic N) is 2. The summed E-state index contributed by atoms with van der Waals surface area (Å²) in [6, 6.07) is 8.29. The number of anilines is 3. The number of carbonyl (C=O) groups excluding carboxylic acids is 1. The molecule has 0 bridgehead atoms. The summed E-state index contributed by atoms with van der Waals surface area (Å²) in [4.78, 5) is 19.7. The number of hydrogen-bond donors (Lipinski definition) is 2. The monoisotopic (exact) mass is 396 g/mol. The lowest BCUT2D eigenvalue weighted by Gasteiger charge is -2.16. The van der Waals surface area contributed by atoms with Crippen LogP contribution in [0.1, 0.15) is 12.0 Å². The topological polar surface area (TPSA) is 85.4 Å². The van der Waals surface area contributed by atoms with Gasteiger partial charge in [0.25, 0.3) is 0 Å². The molecule has 150 valence electrons. The third-order valence-corrected chi connectivity index (χ3v) is 4.87. The van der Waals surface area contributed by atoms with Gasteiger partial charge in [0.15, 0.2) is 0 Å². The van der Waals surface area contributed by atoms with Crippen LogP contribution in [0.15, 0.2) is 36.7 Å². The number of halogens is 1. The molecule has 1 unspecified atom stereocenters. The molecule has 0 radical (unpaired) electrons. The molecular weight excluding hydrogens is 375 g/mol. The number of rotatable bonds is 7. The van der Waals surface area contributed by atoms with E-state index in [9.17, 15) is 9.18 Å². The number of hydrogen-bond acceptors (Lipinski definition) is 6. The number of aryl methyl sites for hydroxylation is 1. The van der Waals surface area contributed by atoms with Crippen LogP contribution in [-0.4, -0.2) is 36.2 Å². The van der Waals surface area contributed by atoms with Crippen LogP contribution in [-0.2, 0) is 9.53 Å². The second-order valence-corrected chi connectivity index (χ2v) is 6.98. The number of nitrogens with one attached hydrogen (secondary N) is 2. The van der Waals surface area contributed by atoms with Crippen molar-refractivity contribution in [3.05, 3.63) is 48.0 Å². The van der Waals surface area contributed by atoms with Gasteiger partial charge in [-0.1, -0.05) is 0 Å². The molecule has 29 heavy (non-hydrogen) atoms. The highest BCUT2D eigenvalue weighted by Gasteiger charge is 2.18. The fraction of sp³-hybridized carbons (Fsp3) is 0.286. The molecule has 2 N–H and O–H groups in total. The molecule has 3 aromatic rings. The van der Waals surface area contributed by atoms with E-state index in [1.807, 2.05) is 0 Å².